The van der Waals surface area contributed by atoms with Gasteiger partial charge in [-0.3, -0.25) is 4.90 Å². The first-order valence-electron chi connectivity index (χ1n) is 5.90. The molecule has 18 heavy (non-hydrogen) atoms. The molecule has 0 amide bonds. The van der Waals surface area contributed by atoms with Gasteiger partial charge in [0.05, 0.1) is 12.2 Å². The number of hydrogen-bond donors (Lipinski definition) is 2. The minimum absolute atomic E-state index is 0.142. The Bertz CT molecular complexity index is 386. The van der Waals surface area contributed by atoms with Gasteiger partial charge >= 0.3 is 6.18 Å². The monoisotopic (exact) mass is 259 g/mol. The molecule has 0 bridgehead atoms. The molecule has 0 aromatic heterocycles. The minimum atomic E-state index is -4.31. The summed E-state index contributed by atoms with van der Waals surface area (Å²) in [6, 6.07) is 5.57. The van der Waals surface area contributed by atoms with Crippen LogP contribution in [0.5, 0.6) is 0 Å². The molecule has 1 aromatic carbocycles. The van der Waals surface area contributed by atoms with E-state index in [0.29, 0.717) is 6.67 Å². The fraction of sp³-hybridized carbons (Fsp3) is 0.500. The lowest BCUT2D eigenvalue weighted by Crippen LogP contribution is -2.45. The summed E-state index contributed by atoms with van der Waals surface area (Å²) < 4.78 is 38.3. The lowest BCUT2D eigenvalue weighted by Gasteiger charge is -2.28. The normalized spacial score (nSPS) is 17.7. The van der Waals surface area contributed by atoms with E-state index in [1.807, 2.05) is 0 Å². The van der Waals surface area contributed by atoms with Gasteiger partial charge in [-0.2, -0.15) is 13.2 Å². The van der Waals surface area contributed by atoms with Crippen LogP contribution < -0.4 is 10.6 Å². The summed E-state index contributed by atoms with van der Waals surface area (Å²) in [5.41, 5.74) is -0.469. The highest BCUT2D eigenvalue weighted by Gasteiger charge is 2.33. The Morgan fingerprint density at radius 3 is 2.50 bits per heavy atom. The SMILES string of the molecule is FC(F)(F)c1ccccc1NCN1CCNCC1. The molecule has 6 heteroatoms. The van der Waals surface area contributed by atoms with Crippen LogP contribution in [0.2, 0.25) is 0 Å². The predicted octanol–water partition coefficient (Wildman–Crippen LogP) is 1.98. The molecule has 1 saturated heterocycles. The van der Waals surface area contributed by atoms with E-state index >= 15 is 0 Å². The molecule has 2 rings (SSSR count). The van der Waals surface area contributed by atoms with Gasteiger partial charge in [-0.1, -0.05) is 12.1 Å². The second kappa shape index (κ2) is 5.58. The van der Waals surface area contributed by atoms with Gasteiger partial charge in [0.25, 0.3) is 0 Å². The van der Waals surface area contributed by atoms with Crippen molar-refractivity contribution in [1.29, 1.82) is 0 Å². The molecule has 0 aliphatic carbocycles. The number of rotatable bonds is 3. The number of nitrogens with zero attached hydrogens (tertiary/aromatic N) is 1. The third kappa shape index (κ3) is 3.36. The number of piperazine rings is 1. The van der Waals surface area contributed by atoms with Gasteiger partial charge in [0.15, 0.2) is 0 Å². The molecular formula is C12H16F3N3. The first kappa shape index (κ1) is 13.2. The summed E-state index contributed by atoms with van der Waals surface area (Å²) in [5.74, 6) is 0. The number of nitrogens with one attached hydrogen (secondary N) is 2. The van der Waals surface area contributed by atoms with E-state index in [-0.39, 0.29) is 5.69 Å². The molecule has 1 aliphatic rings. The molecule has 0 atom stereocenters. The van der Waals surface area contributed by atoms with Crippen LogP contribution in [-0.2, 0) is 6.18 Å². The largest absolute Gasteiger partial charge is 0.418 e. The zero-order chi connectivity index (χ0) is 13.0. The molecule has 0 radical (unpaired) electrons. The number of alkyl halides is 3. The van der Waals surface area contributed by atoms with Gasteiger partial charge in [-0.25, -0.2) is 0 Å². The van der Waals surface area contributed by atoms with Crippen molar-refractivity contribution in [1.82, 2.24) is 10.2 Å². The number of benzene rings is 1. The standard InChI is InChI=1S/C12H16F3N3/c13-12(14,15)10-3-1-2-4-11(10)17-9-18-7-5-16-6-8-18/h1-4,16-17H,5-9H2. The van der Waals surface area contributed by atoms with Crippen LogP contribution in [0.1, 0.15) is 5.56 Å². The lowest BCUT2D eigenvalue weighted by atomic mass is 10.1. The summed E-state index contributed by atoms with van der Waals surface area (Å²) in [6.07, 6.45) is -4.31. The molecule has 0 unspecified atom stereocenters. The van der Waals surface area contributed by atoms with Crippen LogP contribution >= 0.6 is 0 Å². The first-order chi connectivity index (χ1) is 8.57. The van der Waals surface area contributed by atoms with E-state index in [4.69, 9.17) is 0 Å². The fourth-order valence-electron chi connectivity index (χ4n) is 1.95. The first-order valence-corrected chi connectivity index (χ1v) is 5.90. The van der Waals surface area contributed by atoms with E-state index in [2.05, 4.69) is 15.5 Å². The average molecular weight is 259 g/mol. The van der Waals surface area contributed by atoms with E-state index < -0.39 is 11.7 Å². The van der Waals surface area contributed by atoms with Crippen LogP contribution in [0.15, 0.2) is 24.3 Å². The molecule has 100 valence electrons. The van der Waals surface area contributed by atoms with Gasteiger partial charge in [-0.15, -0.1) is 0 Å². The second-order valence-electron chi connectivity index (χ2n) is 4.25. The molecule has 1 aromatic rings. The van der Waals surface area contributed by atoms with Crippen molar-refractivity contribution in [2.75, 3.05) is 38.2 Å². The highest BCUT2D eigenvalue weighted by molar-refractivity contribution is 5.52. The van der Waals surface area contributed by atoms with Crippen LogP contribution in [-0.4, -0.2) is 37.7 Å². The maximum Gasteiger partial charge on any atom is 0.418 e. The highest BCUT2D eigenvalue weighted by Crippen LogP contribution is 2.34. The maximum atomic E-state index is 12.8. The molecule has 0 saturated carbocycles. The summed E-state index contributed by atoms with van der Waals surface area (Å²) in [5, 5.41) is 6.07. The van der Waals surface area contributed by atoms with Gasteiger partial charge in [0.1, 0.15) is 0 Å². The van der Waals surface area contributed by atoms with Gasteiger partial charge < -0.3 is 10.6 Å². The van der Waals surface area contributed by atoms with Crippen LogP contribution in [0.3, 0.4) is 0 Å². The Labute approximate surface area is 104 Å². The van der Waals surface area contributed by atoms with Crippen molar-refractivity contribution in [3.8, 4) is 0 Å². The van der Waals surface area contributed by atoms with E-state index in [1.54, 1.807) is 6.07 Å². The van der Waals surface area contributed by atoms with Crippen molar-refractivity contribution in [2.45, 2.75) is 6.18 Å². The van der Waals surface area contributed by atoms with Gasteiger partial charge in [0, 0.05) is 31.9 Å². The third-order valence-electron chi connectivity index (χ3n) is 2.94. The summed E-state index contributed by atoms with van der Waals surface area (Å²) >= 11 is 0. The van der Waals surface area contributed by atoms with E-state index in [9.17, 15) is 13.2 Å². The Morgan fingerprint density at radius 1 is 1.17 bits per heavy atom. The Morgan fingerprint density at radius 2 is 1.83 bits per heavy atom. The number of para-hydroxylation sites is 1. The Balaban J connectivity index is 2.00. The summed E-state index contributed by atoms with van der Waals surface area (Å²) in [4.78, 5) is 2.09. The predicted molar refractivity (Wildman–Crippen MR) is 64.4 cm³/mol. The van der Waals surface area contributed by atoms with Crippen molar-refractivity contribution >= 4 is 5.69 Å². The quantitative estimate of drug-likeness (QED) is 0.869. The zero-order valence-corrected chi connectivity index (χ0v) is 9.93. The topological polar surface area (TPSA) is 27.3 Å². The summed E-state index contributed by atoms with van der Waals surface area (Å²) in [7, 11) is 0. The molecule has 2 N–H and O–H groups in total. The van der Waals surface area contributed by atoms with Crippen molar-refractivity contribution in [3.63, 3.8) is 0 Å². The molecular weight excluding hydrogens is 243 g/mol. The average Bonchev–Trinajstić information content (AvgIpc) is 2.37. The van der Waals surface area contributed by atoms with Crippen molar-refractivity contribution < 1.29 is 13.2 Å². The maximum absolute atomic E-state index is 12.8. The van der Waals surface area contributed by atoms with Crippen LogP contribution in [0.4, 0.5) is 18.9 Å². The van der Waals surface area contributed by atoms with Crippen molar-refractivity contribution in [3.05, 3.63) is 29.8 Å². The molecule has 0 spiro atoms. The van der Waals surface area contributed by atoms with Crippen LogP contribution in [0.25, 0.3) is 0 Å². The highest BCUT2D eigenvalue weighted by atomic mass is 19.4. The Kier molecular flexibility index (Phi) is 4.08. The summed E-state index contributed by atoms with van der Waals surface area (Å²) in [6.45, 7) is 3.89. The van der Waals surface area contributed by atoms with Crippen LogP contribution in [0, 0.1) is 0 Å². The molecule has 1 heterocycles. The third-order valence-corrected chi connectivity index (χ3v) is 2.94. The van der Waals surface area contributed by atoms with Gasteiger partial charge in [0.2, 0.25) is 0 Å². The van der Waals surface area contributed by atoms with E-state index in [0.717, 1.165) is 32.2 Å². The minimum Gasteiger partial charge on any atom is -0.372 e. The number of anilines is 1. The Hall–Kier alpha value is -1.27. The molecule has 1 fully saturated rings. The molecule has 1 aliphatic heterocycles. The van der Waals surface area contributed by atoms with Gasteiger partial charge in [-0.05, 0) is 12.1 Å². The fourth-order valence-corrected chi connectivity index (χ4v) is 1.95. The van der Waals surface area contributed by atoms with E-state index in [1.165, 1.54) is 12.1 Å². The molecule has 3 nitrogen and oxygen atoms in total. The van der Waals surface area contributed by atoms with Crippen molar-refractivity contribution in [2.24, 2.45) is 0 Å². The number of hydrogen-bond acceptors (Lipinski definition) is 3. The number of halogens is 3. The second-order valence-corrected chi connectivity index (χ2v) is 4.25. The lowest BCUT2D eigenvalue weighted by molar-refractivity contribution is -0.137. The smallest absolute Gasteiger partial charge is 0.372 e. The zero-order valence-electron chi connectivity index (χ0n) is 9.93.